The van der Waals surface area contributed by atoms with E-state index in [2.05, 4.69) is 216 Å². The van der Waals surface area contributed by atoms with E-state index >= 15 is 0 Å². The van der Waals surface area contributed by atoms with Crippen molar-refractivity contribution in [3.63, 3.8) is 0 Å². The van der Waals surface area contributed by atoms with Gasteiger partial charge in [0.05, 0.1) is 12.1 Å². The van der Waals surface area contributed by atoms with E-state index in [1.165, 1.54) is 44.8 Å². The minimum atomic E-state index is -0.833. The first-order valence-electron chi connectivity index (χ1n) is 20.9. The van der Waals surface area contributed by atoms with Gasteiger partial charge in [-0.1, -0.05) is 70.8 Å². The van der Waals surface area contributed by atoms with Gasteiger partial charge in [-0.05, 0) is 116 Å². The predicted molar refractivity (Wildman–Crippen MR) is 276 cm³/mol. The van der Waals surface area contributed by atoms with Gasteiger partial charge in [-0.3, -0.25) is 9.59 Å². The number of hydrogen-bond acceptors (Lipinski definition) is 6. The molecule has 0 unspecified atom stereocenters. The summed E-state index contributed by atoms with van der Waals surface area (Å²) in [5, 5.41) is 14.8. The Morgan fingerprint density at radius 3 is 1.03 bits per heavy atom. The number of aliphatic carboxylic acids is 2. The van der Waals surface area contributed by atoms with Crippen molar-refractivity contribution in [2.75, 3.05) is 32.7 Å². The van der Waals surface area contributed by atoms with Crippen LogP contribution in [0.15, 0.2) is 110 Å². The summed E-state index contributed by atoms with van der Waals surface area (Å²) in [6, 6.07) is 36.5. The van der Waals surface area contributed by atoms with Gasteiger partial charge in [0.1, 0.15) is 13.1 Å². The Labute approximate surface area is 465 Å². The zero-order chi connectivity index (χ0) is 43.7. The van der Waals surface area contributed by atoms with Crippen LogP contribution in [0.5, 0.6) is 0 Å². The van der Waals surface area contributed by atoms with Gasteiger partial charge in [0, 0.05) is 90.5 Å². The number of rotatable bonds is 10. The van der Waals surface area contributed by atoms with Crippen LogP contribution in [0.3, 0.4) is 0 Å². The molecule has 0 atom stereocenters. The minimum absolute atomic E-state index is 0. The monoisotopic (exact) mass is 1260 g/mol. The Kier molecular flexibility index (Phi) is 37.1. The van der Waals surface area contributed by atoms with Crippen LogP contribution < -0.4 is 62.7 Å². The average molecular weight is 1270 g/mol. The normalized spacial score (nSPS) is 11.3. The molecule has 0 amide bonds. The maximum atomic E-state index is 9.00. The number of nitrogens with zero attached hydrogens (tertiary/aromatic N) is 8. The van der Waals surface area contributed by atoms with Gasteiger partial charge < -0.3 is 78.6 Å². The Hall–Kier alpha value is -3.76. The molecule has 69 heavy (non-hydrogen) atoms. The molecule has 0 fully saturated rings. The second-order valence-electron chi connectivity index (χ2n) is 16.2. The molecule has 4 aromatic carbocycles. The third-order valence-corrected chi connectivity index (χ3v) is 10.3. The standard InChI is InChI=1S/2C22H28N4.2C2H4O2.3CH4.2CH3.2BrH.2Pd/c2*1-17(2)25-15-23(19-9-5-7-11-21(19)25)13-14-24-16-26(18(3)4)22-12-8-6-10-20(22)24;2*1-2(3)4;;;;;;;;;/h2*5-12,15-18H,13-14H2,1-4H3;2*1H3,(H,3,4);3*1H4;2*1H3;2*1H;;/q-2;+2;;;;;;2*-1;;;;/p-2. The molecule has 0 saturated carbocycles. The first kappa shape index (κ1) is 74.2. The molecule has 4 heterocycles. The Morgan fingerprint density at radius 2 is 0.754 bits per heavy atom. The molecule has 0 aliphatic carbocycles. The van der Waals surface area contributed by atoms with E-state index in [9.17, 15) is 0 Å². The van der Waals surface area contributed by atoms with E-state index in [1.807, 2.05) is 0 Å². The predicted octanol–water partition coefficient (Wildman–Crippen LogP) is 5.72. The van der Waals surface area contributed by atoms with Crippen molar-refractivity contribution in [2.24, 2.45) is 0 Å². The number of carbonyl (C=O) groups is 2. The van der Waals surface area contributed by atoms with E-state index in [0.29, 0.717) is 24.2 Å². The third-order valence-electron chi connectivity index (χ3n) is 10.3. The fourth-order valence-corrected chi connectivity index (χ4v) is 7.59. The molecule has 396 valence electrons. The molecule has 2 aliphatic heterocycles. The van der Waals surface area contributed by atoms with Crippen molar-refractivity contribution in [1.29, 1.82) is 0 Å². The second-order valence-corrected chi connectivity index (χ2v) is 16.2. The number of carboxylic acid groups (broad SMARTS) is 2. The van der Waals surface area contributed by atoms with Crippen molar-refractivity contribution in [1.82, 2.24) is 9.13 Å². The van der Waals surface area contributed by atoms with Crippen molar-refractivity contribution >= 4 is 56.8 Å². The molecule has 2 aromatic heterocycles. The van der Waals surface area contributed by atoms with Crippen molar-refractivity contribution in [2.45, 2.75) is 129 Å². The van der Waals surface area contributed by atoms with Gasteiger partial charge in [-0.2, -0.15) is 13.3 Å². The van der Waals surface area contributed by atoms with E-state index < -0.39 is 11.9 Å². The van der Waals surface area contributed by atoms with Crippen LogP contribution in [-0.4, -0.2) is 56.5 Å². The number of imidazole rings is 2. The van der Waals surface area contributed by atoms with E-state index in [0.717, 1.165) is 40.0 Å². The second kappa shape index (κ2) is 34.5. The van der Waals surface area contributed by atoms with Crippen LogP contribution in [0.2, 0.25) is 0 Å². The largest absolute Gasteiger partial charge is 1.00 e. The molecule has 6 aromatic rings. The van der Waals surface area contributed by atoms with Crippen LogP contribution in [0.4, 0.5) is 22.7 Å². The summed E-state index contributed by atoms with van der Waals surface area (Å²) >= 11 is 0. The van der Waals surface area contributed by atoms with Crippen LogP contribution >= 0.6 is 0 Å². The summed E-state index contributed by atoms with van der Waals surface area (Å²) in [4.78, 5) is 27.5. The summed E-state index contributed by atoms with van der Waals surface area (Å²) in [5.74, 6) is -1.67. The number of aryl methyl sites for hydroxylation is 2. The van der Waals surface area contributed by atoms with Gasteiger partial charge in [0.25, 0.3) is 11.9 Å². The average Bonchev–Trinajstić information content (AvgIpc) is 3.97. The van der Waals surface area contributed by atoms with E-state index in [-0.39, 0.29) is 112 Å². The summed E-state index contributed by atoms with van der Waals surface area (Å²) in [6.45, 7) is 28.4. The van der Waals surface area contributed by atoms with Crippen LogP contribution in [-0.2, 0) is 63.5 Å². The van der Waals surface area contributed by atoms with Gasteiger partial charge in [0.2, 0.25) is 12.7 Å². The molecule has 0 spiro atoms. The van der Waals surface area contributed by atoms with Crippen LogP contribution in [0, 0.1) is 28.2 Å². The third kappa shape index (κ3) is 19.1. The molecule has 2 aliphatic rings. The van der Waals surface area contributed by atoms with Crippen LogP contribution in [0.1, 0.15) is 104 Å². The maximum Gasteiger partial charge on any atom is 0.300 e. The minimum Gasteiger partial charge on any atom is -1.00 e. The van der Waals surface area contributed by atoms with Gasteiger partial charge in [0.15, 0.2) is 22.1 Å². The maximum absolute atomic E-state index is 9.00. The number of hydrogen-bond donors (Lipinski definition) is 2. The van der Waals surface area contributed by atoms with Crippen molar-refractivity contribution < 1.29 is 104 Å². The fourth-order valence-electron chi connectivity index (χ4n) is 7.59. The number of carboxylic acids is 2. The Balaban J connectivity index is -0.000000307. The Bertz CT molecular complexity index is 2200. The number of para-hydroxylation sites is 8. The number of anilines is 4. The molecule has 16 heteroatoms. The first-order chi connectivity index (χ1) is 28.6. The Morgan fingerprint density at radius 1 is 0.493 bits per heavy atom. The number of halogens is 2. The molecule has 0 saturated heterocycles. The first-order valence-corrected chi connectivity index (χ1v) is 20.9. The molecule has 0 bridgehead atoms. The fraction of sp³-hybridized carbons (Fsp3) is 0.396. The SMILES string of the molecule is C.C.C.CC(=O)O.CC(=O)O.CC(C)N1[CH-]N(CCN2[CH-]N(C(C)C)c3ccccc32)c2ccccc21.CC(C)n1c[n+](CC[n+]2cn(C(C)C)c3ccccc32)c2ccccc21.[Br-].[Br-].[CH3-].[CH3-].[Pd].[Pd]. The van der Waals surface area contributed by atoms with E-state index in [4.69, 9.17) is 19.8 Å². The van der Waals surface area contributed by atoms with Crippen molar-refractivity contribution in [3.8, 4) is 0 Å². The van der Waals surface area contributed by atoms with Gasteiger partial charge in [-0.25, -0.2) is 18.3 Å². The molecule has 8 rings (SSSR count). The molecular weight excluding hydrogens is 1190 g/mol. The molecular formula is C53H82Br2N8O4Pd2-4. The number of aromatic nitrogens is 4. The summed E-state index contributed by atoms with van der Waals surface area (Å²) in [5.41, 5.74) is 10.4. The number of fused-ring (bicyclic) bond motifs is 4. The molecule has 12 nitrogen and oxygen atoms in total. The number of benzene rings is 4. The van der Waals surface area contributed by atoms with Gasteiger partial charge >= 0.3 is 0 Å². The zero-order valence-corrected chi connectivity index (χ0v) is 46.6. The molecule has 2 N–H and O–H groups in total. The topological polar surface area (TPSA) is 105 Å². The quantitative estimate of drug-likeness (QED) is 0.102. The van der Waals surface area contributed by atoms with Crippen LogP contribution in [0.25, 0.3) is 22.1 Å². The summed E-state index contributed by atoms with van der Waals surface area (Å²) < 4.78 is 9.47. The van der Waals surface area contributed by atoms with Gasteiger partial charge in [-0.15, -0.1) is 0 Å². The zero-order valence-electron chi connectivity index (χ0n) is 40.4. The van der Waals surface area contributed by atoms with E-state index in [1.54, 1.807) is 0 Å². The smallest absolute Gasteiger partial charge is 0.300 e. The summed E-state index contributed by atoms with van der Waals surface area (Å²) in [6.07, 6.45) is 4.52. The molecule has 0 radical (unpaired) electrons. The summed E-state index contributed by atoms with van der Waals surface area (Å²) in [7, 11) is 0. The van der Waals surface area contributed by atoms with Crippen molar-refractivity contribution in [3.05, 3.63) is 138 Å².